The number of aliphatic imine (C=N–C) groups is 1. The summed E-state index contributed by atoms with van der Waals surface area (Å²) in [5, 5.41) is 9.70. The largest absolute Gasteiger partial charge is 0.481 e. The lowest BCUT2D eigenvalue weighted by atomic mass is 9.97. The van der Waals surface area contributed by atoms with Crippen LogP contribution < -0.4 is 9.80 Å². The molecule has 0 spiro atoms. The van der Waals surface area contributed by atoms with Crippen LogP contribution in [0.2, 0.25) is 0 Å². The summed E-state index contributed by atoms with van der Waals surface area (Å²) in [5.74, 6) is -1.85. The van der Waals surface area contributed by atoms with Gasteiger partial charge in [0.2, 0.25) is 5.96 Å². The van der Waals surface area contributed by atoms with Gasteiger partial charge in [0, 0.05) is 43.1 Å². The van der Waals surface area contributed by atoms with Gasteiger partial charge in [0.05, 0.1) is 23.7 Å². The number of hydrogen-bond donors (Lipinski definition) is 1. The van der Waals surface area contributed by atoms with Crippen LogP contribution in [-0.2, 0) is 11.0 Å². The standard InChI is InChI=1S/C27H23F5N4O2/c28-18-4-7-20(8-5-18)34-10-12-35(13-11-34)26-33-23-9-6-19(29)15-22(23)24(16-25(37)38)36(26)21-3-1-2-17(14-21)27(30,31)32/h1-9,14-15,24H,10-13,16H2,(H,37,38). The van der Waals surface area contributed by atoms with Gasteiger partial charge in [-0.3, -0.25) is 4.79 Å². The molecular weight excluding hydrogens is 507 g/mol. The number of carboxylic acids is 1. The fourth-order valence-electron chi connectivity index (χ4n) is 4.87. The van der Waals surface area contributed by atoms with E-state index in [9.17, 15) is 31.9 Å². The van der Waals surface area contributed by atoms with Crippen LogP contribution in [0.3, 0.4) is 0 Å². The number of benzene rings is 3. The minimum Gasteiger partial charge on any atom is -0.481 e. The molecule has 1 atom stereocenters. The van der Waals surface area contributed by atoms with E-state index in [0.717, 1.165) is 17.8 Å². The predicted octanol–water partition coefficient (Wildman–Crippen LogP) is 5.83. The first kappa shape index (κ1) is 25.5. The van der Waals surface area contributed by atoms with Crippen LogP contribution in [0.5, 0.6) is 0 Å². The number of rotatable bonds is 4. The first-order valence-electron chi connectivity index (χ1n) is 11.9. The zero-order valence-electron chi connectivity index (χ0n) is 20.0. The van der Waals surface area contributed by atoms with Crippen molar-refractivity contribution in [3.63, 3.8) is 0 Å². The van der Waals surface area contributed by atoms with Crippen LogP contribution in [0.15, 0.2) is 71.7 Å². The van der Waals surface area contributed by atoms with Crippen molar-refractivity contribution in [2.75, 3.05) is 36.0 Å². The van der Waals surface area contributed by atoms with Crippen LogP contribution in [-0.4, -0.2) is 48.1 Å². The van der Waals surface area contributed by atoms with E-state index in [0.29, 0.717) is 31.9 Å². The van der Waals surface area contributed by atoms with Gasteiger partial charge in [-0.25, -0.2) is 13.8 Å². The first-order valence-corrected chi connectivity index (χ1v) is 11.9. The third kappa shape index (κ3) is 5.13. The Balaban J connectivity index is 1.55. The first-order chi connectivity index (χ1) is 18.1. The second kappa shape index (κ2) is 9.96. The van der Waals surface area contributed by atoms with Gasteiger partial charge in [-0.1, -0.05) is 6.07 Å². The number of carbonyl (C=O) groups is 1. The summed E-state index contributed by atoms with van der Waals surface area (Å²) in [5.41, 5.74) is 0.668. The Morgan fingerprint density at radius 1 is 0.868 bits per heavy atom. The second-order valence-electron chi connectivity index (χ2n) is 9.10. The van der Waals surface area contributed by atoms with Gasteiger partial charge >= 0.3 is 12.1 Å². The maximum atomic E-state index is 14.2. The van der Waals surface area contributed by atoms with E-state index in [-0.39, 0.29) is 23.0 Å². The number of piperazine rings is 1. The van der Waals surface area contributed by atoms with Crippen molar-refractivity contribution in [2.24, 2.45) is 4.99 Å². The number of aliphatic carboxylic acids is 1. The van der Waals surface area contributed by atoms with Crippen molar-refractivity contribution >= 4 is 29.0 Å². The summed E-state index contributed by atoms with van der Waals surface area (Å²) in [6, 6.07) is 13.5. The molecule has 11 heteroatoms. The molecule has 0 bridgehead atoms. The quantitative estimate of drug-likeness (QED) is 0.431. The lowest BCUT2D eigenvalue weighted by molar-refractivity contribution is -0.138. The van der Waals surface area contributed by atoms with E-state index in [1.165, 1.54) is 47.4 Å². The van der Waals surface area contributed by atoms with E-state index in [1.807, 2.05) is 9.80 Å². The molecule has 2 aliphatic rings. The normalized spacial score (nSPS) is 17.8. The number of halogens is 5. The molecule has 2 aliphatic heterocycles. The SMILES string of the molecule is O=C(O)CC1c2cc(F)ccc2N=C(N2CCN(c3ccc(F)cc3)CC2)N1c1cccc(C(F)(F)F)c1. The fraction of sp³-hybridized carbons (Fsp3) is 0.259. The molecule has 3 aromatic rings. The average molecular weight is 530 g/mol. The van der Waals surface area contributed by atoms with Gasteiger partial charge in [-0.2, -0.15) is 13.2 Å². The third-order valence-electron chi connectivity index (χ3n) is 6.67. The van der Waals surface area contributed by atoms with Crippen molar-refractivity contribution in [3.05, 3.63) is 89.5 Å². The Morgan fingerprint density at radius 3 is 2.18 bits per heavy atom. The maximum absolute atomic E-state index is 14.2. The highest BCUT2D eigenvalue weighted by atomic mass is 19.4. The highest BCUT2D eigenvalue weighted by Gasteiger charge is 2.38. The Labute approximate surface area is 215 Å². The van der Waals surface area contributed by atoms with Gasteiger partial charge in [0.1, 0.15) is 11.6 Å². The van der Waals surface area contributed by atoms with Gasteiger partial charge < -0.3 is 19.8 Å². The minimum absolute atomic E-state index is 0.0979. The Hall–Kier alpha value is -4.15. The van der Waals surface area contributed by atoms with Crippen LogP contribution in [0.1, 0.15) is 23.6 Å². The monoisotopic (exact) mass is 530 g/mol. The summed E-state index contributed by atoms with van der Waals surface area (Å²) < 4.78 is 68.3. The molecule has 2 heterocycles. The molecule has 1 unspecified atom stereocenters. The zero-order valence-corrected chi connectivity index (χ0v) is 20.0. The molecule has 3 aromatic carbocycles. The van der Waals surface area contributed by atoms with Crippen molar-refractivity contribution in [1.29, 1.82) is 0 Å². The van der Waals surface area contributed by atoms with Gasteiger partial charge in [0.25, 0.3) is 0 Å². The fourth-order valence-corrected chi connectivity index (χ4v) is 4.87. The maximum Gasteiger partial charge on any atom is 0.416 e. The molecule has 1 saturated heterocycles. The van der Waals surface area contributed by atoms with Crippen LogP contribution in [0.4, 0.5) is 39.0 Å². The lowest BCUT2D eigenvalue weighted by Crippen LogP contribution is -2.55. The molecular formula is C27H23F5N4O2. The van der Waals surface area contributed by atoms with E-state index in [1.54, 1.807) is 12.1 Å². The van der Waals surface area contributed by atoms with Crippen molar-refractivity contribution in [2.45, 2.75) is 18.6 Å². The highest BCUT2D eigenvalue weighted by Crippen LogP contribution is 2.42. The lowest BCUT2D eigenvalue weighted by Gasteiger charge is -2.45. The molecule has 0 amide bonds. The highest BCUT2D eigenvalue weighted by molar-refractivity contribution is 6.01. The number of hydrogen-bond acceptors (Lipinski definition) is 5. The van der Waals surface area contributed by atoms with Crippen LogP contribution in [0, 0.1) is 11.6 Å². The van der Waals surface area contributed by atoms with Gasteiger partial charge in [-0.15, -0.1) is 0 Å². The second-order valence-corrected chi connectivity index (χ2v) is 9.10. The summed E-state index contributed by atoms with van der Waals surface area (Å²) in [6.45, 7) is 1.87. The Kier molecular flexibility index (Phi) is 6.68. The van der Waals surface area contributed by atoms with Gasteiger partial charge in [-0.05, 0) is 60.7 Å². The molecule has 1 fully saturated rings. The van der Waals surface area contributed by atoms with Crippen molar-refractivity contribution < 1.29 is 31.9 Å². The Bertz CT molecular complexity index is 1370. The molecule has 198 valence electrons. The number of fused-ring (bicyclic) bond motifs is 1. The minimum atomic E-state index is -4.61. The number of nitrogens with zero attached hydrogens (tertiary/aromatic N) is 4. The van der Waals surface area contributed by atoms with E-state index in [2.05, 4.69) is 4.99 Å². The molecule has 0 aromatic heterocycles. The van der Waals surface area contributed by atoms with Crippen molar-refractivity contribution in [3.8, 4) is 0 Å². The van der Waals surface area contributed by atoms with E-state index < -0.39 is 36.0 Å². The molecule has 1 N–H and O–H groups in total. The molecule has 38 heavy (non-hydrogen) atoms. The van der Waals surface area contributed by atoms with Crippen LogP contribution >= 0.6 is 0 Å². The number of guanidine groups is 1. The summed E-state index contributed by atoms with van der Waals surface area (Å²) in [7, 11) is 0. The number of anilines is 2. The van der Waals surface area contributed by atoms with Crippen LogP contribution in [0.25, 0.3) is 0 Å². The molecule has 6 nitrogen and oxygen atoms in total. The summed E-state index contributed by atoms with van der Waals surface area (Å²) >= 11 is 0. The van der Waals surface area contributed by atoms with Crippen molar-refractivity contribution in [1.82, 2.24) is 4.90 Å². The van der Waals surface area contributed by atoms with E-state index >= 15 is 0 Å². The molecule has 0 aliphatic carbocycles. The summed E-state index contributed by atoms with van der Waals surface area (Å²) in [6.07, 6.45) is -5.10. The average Bonchev–Trinajstić information content (AvgIpc) is 2.88. The zero-order chi connectivity index (χ0) is 27.0. The number of carboxylic acid groups (broad SMARTS) is 1. The smallest absolute Gasteiger partial charge is 0.416 e. The topological polar surface area (TPSA) is 59.4 Å². The number of alkyl halides is 3. The summed E-state index contributed by atoms with van der Waals surface area (Å²) in [4.78, 5) is 22.0. The molecule has 0 radical (unpaired) electrons. The van der Waals surface area contributed by atoms with E-state index in [4.69, 9.17) is 0 Å². The Morgan fingerprint density at radius 2 is 1.53 bits per heavy atom. The van der Waals surface area contributed by atoms with Gasteiger partial charge in [0.15, 0.2) is 0 Å². The molecule has 5 rings (SSSR count). The molecule has 0 saturated carbocycles. The predicted molar refractivity (Wildman–Crippen MR) is 133 cm³/mol. The third-order valence-corrected chi connectivity index (χ3v) is 6.67.